The highest BCUT2D eigenvalue weighted by Gasteiger charge is 2.27. The van der Waals surface area contributed by atoms with Gasteiger partial charge in [0.25, 0.3) is 5.91 Å². The van der Waals surface area contributed by atoms with Gasteiger partial charge in [0.1, 0.15) is 11.9 Å². The molecule has 4 rings (SSSR count). The number of benzene rings is 2. The minimum Gasteiger partial charge on any atom is -0.487 e. The third-order valence-corrected chi connectivity index (χ3v) is 4.68. The van der Waals surface area contributed by atoms with Crippen LogP contribution in [0.25, 0.3) is 17.3 Å². The summed E-state index contributed by atoms with van der Waals surface area (Å²) in [6.45, 7) is 2.22. The lowest BCUT2D eigenvalue weighted by Crippen LogP contribution is -2.34. The molecule has 0 spiro atoms. The van der Waals surface area contributed by atoms with Gasteiger partial charge in [-0.25, -0.2) is 4.39 Å². The Morgan fingerprint density at radius 2 is 2.10 bits per heavy atom. The van der Waals surface area contributed by atoms with Crippen LogP contribution in [0.5, 0.6) is 5.75 Å². The van der Waals surface area contributed by atoms with Gasteiger partial charge < -0.3 is 10.1 Å². The van der Waals surface area contributed by atoms with Crippen molar-refractivity contribution in [3.63, 3.8) is 0 Å². The normalized spacial score (nSPS) is 15.5. The molecule has 3 aromatic rings. The zero-order valence-corrected chi connectivity index (χ0v) is 15.9. The molecule has 1 aliphatic heterocycles. The van der Waals surface area contributed by atoms with E-state index < -0.39 is 11.7 Å². The molecule has 1 aromatic heterocycles. The first-order valence-electron chi connectivity index (χ1n) is 9.37. The number of nitrogens with zero attached hydrogens (tertiary/aromatic N) is 2. The molecule has 0 fully saturated rings. The average molecular weight is 389 g/mol. The van der Waals surface area contributed by atoms with Gasteiger partial charge in [0.05, 0.1) is 18.4 Å². The Balaban J connectivity index is 1.44. The number of halogens is 1. The number of carbonyl (C=O) groups excluding carboxylic acids is 1. The summed E-state index contributed by atoms with van der Waals surface area (Å²) in [7, 11) is 0. The summed E-state index contributed by atoms with van der Waals surface area (Å²) >= 11 is 0. The predicted octanol–water partition coefficient (Wildman–Crippen LogP) is 3.88. The number of fused-ring (bicyclic) bond motifs is 1. The first kappa shape index (κ1) is 18.8. The predicted molar refractivity (Wildman–Crippen MR) is 109 cm³/mol. The number of aryl methyl sites for hydroxylation is 1. The molecule has 2 heterocycles. The standard InChI is InChI=1S/C23H20FN3O2/c1-15-9-17-12-18(29-22(17)19(10-15)21-14-25-7-8-26-21)13-27-23(28)20(24)11-16-5-3-2-4-6-16/h2-11,14,18H,12-13H2,1H3,(H,27,28)/b20-11-. The van der Waals surface area contributed by atoms with Crippen LogP contribution in [-0.4, -0.2) is 28.5 Å². The molecule has 29 heavy (non-hydrogen) atoms. The summed E-state index contributed by atoms with van der Waals surface area (Å²) in [5.41, 5.74) is 4.37. The summed E-state index contributed by atoms with van der Waals surface area (Å²) in [6, 6.07) is 13.0. The summed E-state index contributed by atoms with van der Waals surface area (Å²) in [4.78, 5) is 20.6. The van der Waals surface area contributed by atoms with Gasteiger partial charge in [-0.1, -0.05) is 36.4 Å². The van der Waals surface area contributed by atoms with Crippen molar-refractivity contribution in [3.05, 3.63) is 83.6 Å². The molecule has 6 heteroatoms. The average Bonchev–Trinajstić information content (AvgIpc) is 3.15. The summed E-state index contributed by atoms with van der Waals surface area (Å²) in [6.07, 6.45) is 6.53. The molecule has 2 aromatic carbocycles. The number of amides is 1. The third-order valence-electron chi connectivity index (χ3n) is 4.68. The number of hydrogen-bond donors (Lipinski definition) is 1. The van der Waals surface area contributed by atoms with Crippen LogP contribution in [-0.2, 0) is 11.2 Å². The Morgan fingerprint density at radius 1 is 1.28 bits per heavy atom. The molecular weight excluding hydrogens is 369 g/mol. The topological polar surface area (TPSA) is 64.1 Å². The molecule has 0 radical (unpaired) electrons. The second-order valence-electron chi connectivity index (χ2n) is 6.95. The Morgan fingerprint density at radius 3 is 2.86 bits per heavy atom. The zero-order valence-electron chi connectivity index (χ0n) is 15.9. The van der Waals surface area contributed by atoms with Crippen molar-refractivity contribution in [2.75, 3.05) is 6.54 Å². The Labute approximate surface area is 168 Å². The van der Waals surface area contributed by atoms with E-state index in [1.165, 1.54) is 6.08 Å². The zero-order chi connectivity index (χ0) is 20.2. The lowest BCUT2D eigenvalue weighted by Gasteiger charge is -2.13. The highest BCUT2D eigenvalue weighted by atomic mass is 19.1. The molecule has 0 saturated heterocycles. The SMILES string of the molecule is Cc1cc2c(c(-c3cnccn3)c1)OC(CNC(=O)/C(F)=C/c1ccccc1)C2. The molecule has 0 saturated carbocycles. The van der Waals surface area contributed by atoms with Gasteiger partial charge in [0.2, 0.25) is 0 Å². The highest BCUT2D eigenvalue weighted by molar-refractivity contribution is 5.95. The number of aromatic nitrogens is 2. The number of hydrogen-bond acceptors (Lipinski definition) is 4. The van der Waals surface area contributed by atoms with Crippen molar-refractivity contribution < 1.29 is 13.9 Å². The molecule has 1 unspecified atom stereocenters. The second-order valence-corrected chi connectivity index (χ2v) is 6.95. The highest BCUT2D eigenvalue weighted by Crippen LogP contribution is 2.38. The third kappa shape index (κ3) is 4.32. The summed E-state index contributed by atoms with van der Waals surface area (Å²) in [5, 5.41) is 2.62. The molecule has 1 atom stereocenters. The smallest absolute Gasteiger partial charge is 0.280 e. The fourth-order valence-electron chi connectivity index (χ4n) is 3.39. The largest absolute Gasteiger partial charge is 0.487 e. The second kappa shape index (κ2) is 8.22. The van der Waals surface area contributed by atoms with E-state index in [0.717, 1.165) is 28.1 Å². The Kier molecular flexibility index (Phi) is 5.33. The van der Waals surface area contributed by atoms with Crippen molar-refractivity contribution in [3.8, 4) is 17.0 Å². The van der Waals surface area contributed by atoms with Crippen LogP contribution in [0, 0.1) is 6.92 Å². The monoisotopic (exact) mass is 389 g/mol. The molecular formula is C23H20FN3O2. The van der Waals surface area contributed by atoms with Gasteiger partial charge in [-0.05, 0) is 35.8 Å². The lowest BCUT2D eigenvalue weighted by atomic mass is 10.0. The lowest BCUT2D eigenvalue weighted by molar-refractivity contribution is -0.119. The van der Waals surface area contributed by atoms with Crippen molar-refractivity contribution in [1.29, 1.82) is 0 Å². The quantitative estimate of drug-likeness (QED) is 0.673. The molecule has 1 aliphatic rings. The van der Waals surface area contributed by atoms with E-state index in [0.29, 0.717) is 12.0 Å². The van der Waals surface area contributed by atoms with Gasteiger partial charge in [0, 0.05) is 24.4 Å². The van der Waals surface area contributed by atoms with Crippen LogP contribution in [0.3, 0.4) is 0 Å². The molecule has 5 nitrogen and oxygen atoms in total. The van der Waals surface area contributed by atoms with E-state index in [-0.39, 0.29) is 12.6 Å². The number of nitrogens with one attached hydrogen (secondary N) is 1. The van der Waals surface area contributed by atoms with Gasteiger partial charge in [-0.3, -0.25) is 14.8 Å². The van der Waals surface area contributed by atoms with Crippen molar-refractivity contribution in [2.24, 2.45) is 0 Å². The molecule has 1 amide bonds. The first-order chi connectivity index (χ1) is 14.1. The number of rotatable bonds is 5. The maximum Gasteiger partial charge on any atom is 0.280 e. The van der Waals surface area contributed by atoms with Crippen LogP contribution in [0.4, 0.5) is 4.39 Å². The van der Waals surface area contributed by atoms with E-state index in [1.54, 1.807) is 42.9 Å². The first-order valence-corrected chi connectivity index (χ1v) is 9.37. The molecule has 1 N–H and O–H groups in total. The molecule has 0 bridgehead atoms. The number of ether oxygens (including phenoxy) is 1. The van der Waals surface area contributed by atoms with Crippen LogP contribution in [0.1, 0.15) is 16.7 Å². The van der Waals surface area contributed by atoms with E-state index in [4.69, 9.17) is 4.74 Å². The van der Waals surface area contributed by atoms with Gasteiger partial charge >= 0.3 is 0 Å². The van der Waals surface area contributed by atoms with Crippen LogP contribution < -0.4 is 10.1 Å². The van der Waals surface area contributed by atoms with Crippen molar-refractivity contribution in [2.45, 2.75) is 19.4 Å². The van der Waals surface area contributed by atoms with E-state index in [9.17, 15) is 9.18 Å². The van der Waals surface area contributed by atoms with E-state index >= 15 is 0 Å². The maximum absolute atomic E-state index is 14.2. The van der Waals surface area contributed by atoms with Gasteiger partial charge in [0.15, 0.2) is 5.83 Å². The minimum absolute atomic E-state index is 0.211. The van der Waals surface area contributed by atoms with Crippen molar-refractivity contribution in [1.82, 2.24) is 15.3 Å². The summed E-state index contributed by atoms with van der Waals surface area (Å²) in [5.74, 6) is -0.836. The van der Waals surface area contributed by atoms with Crippen molar-refractivity contribution >= 4 is 12.0 Å². The van der Waals surface area contributed by atoms with E-state index in [1.807, 2.05) is 19.1 Å². The van der Waals surface area contributed by atoms with Crippen LogP contribution in [0.2, 0.25) is 0 Å². The number of carbonyl (C=O) groups is 1. The summed E-state index contributed by atoms with van der Waals surface area (Å²) < 4.78 is 20.2. The Bertz CT molecular complexity index is 1050. The molecule has 146 valence electrons. The fraction of sp³-hybridized carbons (Fsp3) is 0.174. The minimum atomic E-state index is -0.831. The van der Waals surface area contributed by atoms with Crippen LogP contribution in [0.15, 0.2) is 66.9 Å². The van der Waals surface area contributed by atoms with Gasteiger partial charge in [-0.15, -0.1) is 0 Å². The van der Waals surface area contributed by atoms with E-state index in [2.05, 4.69) is 21.4 Å². The maximum atomic E-state index is 14.2. The fourth-order valence-corrected chi connectivity index (χ4v) is 3.39. The molecule has 0 aliphatic carbocycles. The van der Waals surface area contributed by atoms with Gasteiger partial charge in [-0.2, -0.15) is 0 Å². The Hall–Kier alpha value is -3.54. The van der Waals surface area contributed by atoms with Crippen LogP contribution >= 0.6 is 0 Å².